The molecule has 5 heteroatoms. The van der Waals surface area contributed by atoms with Crippen molar-refractivity contribution in [1.29, 1.82) is 5.26 Å². The fourth-order valence-corrected chi connectivity index (χ4v) is 2.54. The highest BCUT2D eigenvalue weighted by Gasteiger charge is 2.16. The van der Waals surface area contributed by atoms with E-state index in [2.05, 4.69) is 15.9 Å². The van der Waals surface area contributed by atoms with Crippen LogP contribution in [0.3, 0.4) is 0 Å². The average molecular weight is 303 g/mol. The number of rotatable bonds is 8. The molecule has 0 radical (unpaired) electrons. The van der Waals surface area contributed by atoms with E-state index in [9.17, 15) is 0 Å². The molecule has 5 nitrogen and oxygen atoms in total. The molecule has 120 valence electrons. The normalized spacial score (nSPS) is 16.4. The minimum Gasteiger partial charge on any atom is -0.491 e. The van der Waals surface area contributed by atoms with E-state index in [0.29, 0.717) is 17.9 Å². The first-order chi connectivity index (χ1) is 10.8. The molecule has 1 heterocycles. The van der Waals surface area contributed by atoms with Crippen LogP contribution in [-0.4, -0.2) is 68.9 Å². The number of nitrogens with zero attached hydrogens (tertiary/aromatic N) is 3. The van der Waals surface area contributed by atoms with Gasteiger partial charge in [0.2, 0.25) is 0 Å². The molecule has 0 saturated carbocycles. The maximum absolute atomic E-state index is 9.03. The molecule has 1 aliphatic rings. The van der Waals surface area contributed by atoms with Crippen molar-refractivity contribution < 1.29 is 9.47 Å². The van der Waals surface area contributed by atoms with Gasteiger partial charge < -0.3 is 9.47 Å². The molecule has 1 aromatic carbocycles. The van der Waals surface area contributed by atoms with Crippen molar-refractivity contribution in [2.45, 2.75) is 6.92 Å². The first kappa shape index (κ1) is 16.8. The van der Waals surface area contributed by atoms with E-state index in [4.69, 9.17) is 14.7 Å². The van der Waals surface area contributed by atoms with E-state index < -0.39 is 0 Å². The third kappa shape index (κ3) is 5.30. The summed E-state index contributed by atoms with van der Waals surface area (Å²) < 4.78 is 11.1. The topological polar surface area (TPSA) is 48.7 Å². The molecule has 1 saturated heterocycles. The molecule has 0 atom stereocenters. The van der Waals surface area contributed by atoms with Gasteiger partial charge in [0.15, 0.2) is 0 Å². The number of nitriles is 1. The van der Waals surface area contributed by atoms with Crippen LogP contribution in [0.5, 0.6) is 5.75 Å². The molecule has 1 aliphatic heterocycles. The second-order valence-electron chi connectivity index (χ2n) is 5.34. The van der Waals surface area contributed by atoms with Crippen LogP contribution in [0, 0.1) is 11.3 Å². The van der Waals surface area contributed by atoms with Crippen molar-refractivity contribution in [3.8, 4) is 11.8 Å². The number of para-hydroxylation sites is 1. The summed E-state index contributed by atoms with van der Waals surface area (Å²) in [5.41, 5.74) is 0.600. The number of hydrogen-bond acceptors (Lipinski definition) is 5. The third-order valence-corrected chi connectivity index (χ3v) is 3.89. The highest BCUT2D eigenvalue weighted by Crippen LogP contribution is 2.16. The largest absolute Gasteiger partial charge is 0.491 e. The van der Waals surface area contributed by atoms with Crippen molar-refractivity contribution in [2.75, 3.05) is 59.1 Å². The molecular formula is C17H25N3O2. The van der Waals surface area contributed by atoms with Gasteiger partial charge in [0.1, 0.15) is 18.4 Å². The zero-order chi connectivity index (χ0) is 15.6. The zero-order valence-corrected chi connectivity index (χ0v) is 13.3. The van der Waals surface area contributed by atoms with Gasteiger partial charge in [0, 0.05) is 45.9 Å². The number of ether oxygens (including phenoxy) is 2. The third-order valence-electron chi connectivity index (χ3n) is 3.89. The smallest absolute Gasteiger partial charge is 0.137 e. The molecule has 0 aliphatic carbocycles. The van der Waals surface area contributed by atoms with Crippen molar-refractivity contribution in [2.24, 2.45) is 0 Å². The fraction of sp³-hybridized carbons (Fsp3) is 0.588. The van der Waals surface area contributed by atoms with E-state index in [1.807, 2.05) is 25.1 Å². The Balaban J connectivity index is 1.64. The molecule has 0 N–H and O–H groups in total. The molecule has 0 aromatic heterocycles. The number of hydrogen-bond donors (Lipinski definition) is 0. The Morgan fingerprint density at radius 2 is 1.68 bits per heavy atom. The predicted molar refractivity (Wildman–Crippen MR) is 86.0 cm³/mol. The van der Waals surface area contributed by atoms with Crippen molar-refractivity contribution in [3.63, 3.8) is 0 Å². The van der Waals surface area contributed by atoms with E-state index in [0.717, 1.165) is 52.5 Å². The molecule has 2 rings (SSSR count). The highest BCUT2D eigenvalue weighted by atomic mass is 16.5. The van der Waals surface area contributed by atoms with E-state index in [1.165, 1.54) is 0 Å². The van der Waals surface area contributed by atoms with Gasteiger partial charge in [0.05, 0.1) is 12.2 Å². The molecule has 1 fully saturated rings. The van der Waals surface area contributed by atoms with Crippen LogP contribution in [-0.2, 0) is 4.74 Å². The summed E-state index contributed by atoms with van der Waals surface area (Å²) in [6.07, 6.45) is 0. The summed E-state index contributed by atoms with van der Waals surface area (Å²) in [5, 5.41) is 9.03. The standard InChI is InChI=1S/C17H25N3O2/c1-2-21-13-11-19-7-9-20(10-8-19)12-14-22-17-6-4-3-5-16(17)15-18/h3-6H,2,7-14H2,1H3. The maximum Gasteiger partial charge on any atom is 0.137 e. The zero-order valence-electron chi connectivity index (χ0n) is 13.3. The van der Waals surface area contributed by atoms with Crippen molar-refractivity contribution >= 4 is 0 Å². The molecule has 22 heavy (non-hydrogen) atoms. The summed E-state index contributed by atoms with van der Waals surface area (Å²) in [5.74, 6) is 0.681. The Bertz CT molecular complexity index is 479. The number of piperazine rings is 1. The Labute approximate surface area is 133 Å². The van der Waals surface area contributed by atoms with Crippen LogP contribution >= 0.6 is 0 Å². The molecule has 0 bridgehead atoms. The van der Waals surface area contributed by atoms with Gasteiger partial charge >= 0.3 is 0 Å². The highest BCUT2D eigenvalue weighted by molar-refractivity contribution is 5.42. The number of benzene rings is 1. The summed E-state index contributed by atoms with van der Waals surface area (Å²) >= 11 is 0. The lowest BCUT2D eigenvalue weighted by Crippen LogP contribution is -2.48. The van der Waals surface area contributed by atoms with Gasteiger partial charge in [-0.2, -0.15) is 5.26 Å². The van der Waals surface area contributed by atoms with Gasteiger partial charge in [-0.25, -0.2) is 0 Å². The average Bonchev–Trinajstić information content (AvgIpc) is 2.57. The maximum atomic E-state index is 9.03. The van der Waals surface area contributed by atoms with Gasteiger partial charge in [-0.3, -0.25) is 9.80 Å². The summed E-state index contributed by atoms with van der Waals surface area (Å²) in [6.45, 7) is 10.5. The Hall–Kier alpha value is -1.61. The van der Waals surface area contributed by atoms with Crippen LogP contribution in [0.25, 0.3) is 0 Å². The monoisotopic (exact) mass is 303 g/mol. The van der Waals surface area contributed by atoms with Crippen LogP contribution < -0.4 is 4.74 Å². The van der Waals surface area contributed by atoms with Gasteiger partial charge in [-0.05, 0) is 19.1 Å². The first-order valence-electron chi connectivity index (χ1n) is 7.98. The SMILES string of the molecule is CCOCCN1CCN(CCOc2ccccc2C#N)CC1. The lowest BCUT2D eigenvalue weighted by Gasteiger charge is -2.34. The summed E-state index contributed by atoms with van der Waals surface area (Å²) in [4.78, 5) is 4.85. The first-order valence-corrected chi connectivity index (χ1v) is 7.98. The van der Waals surface area contributed by atoms with Gasteiger partial charge in [-0.15, -0.1) is 0 Å². The summed E-state index contributed by atoms with van der Waals surface area (Å²) in [6, 6.07) is 9.54. The molecule has 0 unspecified atom stereocenters. The second kappa shape index (κ2) is 9.42. The lowest BCUT2D eigenvalue weighted by atomic mass is 10.2. The van der Waals surface area contributed by atoms with E-state index >= 15 is 0 Å². The van der Waals surface area contributed by atoms with Gasteiger partial charge in [0.25, 0.3) is 0 Å². The predicted octanol–water partition coefficient (Wildman–Crippen LogP) is 1.59. The van der Waals surface area contributed by atoms with Crippen LogP contribution in [0.2, 0.25) is 0 Å². The van der Waals surface area contributed by atoms with Crippen molar-refractivity contribution in [1.82, 2.24) is 9.80 Å². The van der Waals surface area contributed by atoms with Crippen molar-refractivity contribution in [3.05, 3.63) is 29.8 Å². The van der Waals surface area contributed by atoms with Crippen LogP contribution in [0.4, 0.5) is 0 Å². The summed E-state index contributed by atoms with van der Waals surface area (Å²) in [7, 11) is 0. The molecular weight excluding hydrogens is 278 g/mol. The minimum absolute atomic E-state index is 0.600. The lowest BCUT2D eigenvalue weighted by molar-refractivity contribution is 0.0759. The minimum atomic E-state index is 0.600. The Morgan fingerprint density at radius 1 is 1.05 bits per heavy atom. The molecule has 1 aromatic rings. The van der Waals surface area contributed by atoms with E-state index in [1.54, 1.807) is 6.07 Å². The molecule has 0 amide bonds. The quantitative estimate of drug-likeness (QED) is 0.683. The van der Waals surface area contributed by atoms with Crippen LogP contribution in [0.15, 0.2) is 24.3 Å². The van der Waals surface area contributed by atoms with E-state index in [-0.39, 0.29) is 0 Å². The molecule has 0 spiro atoms. The van der Waals surface area contributed by atoms with Gasteiger partial charge in [-0.1, -0.05) is 12.1 Å². The fourth-order valence-electron chi connectivity index (χ4n) is 2.54. The van der Waals surface area contributed by atoms with Crippen LogP contribution in [0.1, 0.15) is 12.5 Å². The Morgan fingerprint density at radius 3 is 2.32 bits per heavy atom. The second-order valence-corrected chi connectivity index (χ2v) is 5.34. The Kier molecular flexibility index (Phi) is 7.17.